The summed E-state index contributed by atoms with van der Waals surface area (Å²) in [5.41, 5.74) is 1.31. The number of rotatable bonds is 4. The van der Waals surface area contributed by atoms with Crippen LogP contribution in [0.1, 0.15) is 15.9 Å². The van der Waals surface area contributed by atoms with Crippen LogP contribution in [0, 0.1) is 0 Å². The van der Waals surface area contributed by atoms with Gasteiger partial charge in [-0.1, -0.05) is 29.8 Å². The predicted octanol–water partition coefficient (Wildman–Crippen LogP) is 3.66. The SMILES string of the molecule is NS(=O)(=O)c1ccc(Br)c(C(=O)OCc2cc3ccccc3nc2Cl)c1. The minimum atomic E-state index is -3.93. The lowest BCUT2D eigenvalue weighted by molar-refractivity contribution is 0.0471. The summed E-state index contributed by atoms with van der Waals surface area (Å²) >= 11 is 9.34. The number of halogens is 2. The van der Waals surface area contributed by atoms with E-state index in [0.717, 1.165) is 17.0 Å². The third-order valence-corrected chi connectivity index (χ3v) is 5.52. The second-order valence-electron chi connectivity index (χ2n) is 5.39. The number of carbonyl (C=O) groups is 1. The normalized spacial score (nSPS) is 11.5. The number of hydrogen-bond donors (Lipinski definition) is 1. The van der Waals surface area contributed by atoms with Gasteiger partial charge in [-0.25, -0.2) is 23.3 Å². The Balaban J connectivity index is 1.84. The molecule has 0 saturated carbocycles. The highest BCUT2D eigenvalue weighted by molar-refractivity contribution is 9.10. The Morgan fingerprint density at radius 3 is 2.65 bits per heavy atom. The Morgan fingerprint density at radius 1 is 1.19 bits per heavy atom. The highest BCUT2D eigenvalue weighted by Crippen LogP contribution is 2.24. The summed E-state index contributed by atoms with van der Waals surface area (Å²) < 4.78 is 28.6. The van der Waals surface area contributed by atoms with E-state index in [0.29, 0.717) is 10.0 Å². The second kappa shape index (κ2) is 7.32. The molecule has 1 heterocycles. The standard InChI is InChI=1S/C17H12BrClN2O4S/c18-14-6-5-12(26(20,23)24)8-13(14)17(22)25-9-11-7-10-3-1-2-4-15(10)21-16(11)19/h1-8H,9H2,(H2,20,23,24). The van der Waals surface area contributed by atoms with Crippen molar-refractivity contribution in [1.82, 2.24) is 4.98 Å². The molecule has 1 aromatic heterocycles. The maximum atomic E-state index is 12.3. The number of nitrogens with two attached hydrogens (primary N) is 1. The van der Waals surface area contributed by atoms with Gasteiger partial charge in [0.1, 0.15) is 11.8 Å². The van der Waals surface area contributed by atoms with Crippen molar-refractivity contribution in [3.8, 4) is 0 Å². The zero-order valence-corrected chi connectivity index (χ0v) is 16.3. The van der Waals surface area contributed by atoms with Crippen LogP contribution in [0.2, 0.25) is 5.15 Å². The first-order chi connectivity index (χ1) is 12.3. The number of carbonyl (C=O) groups excluding carboxylic acids is 1. The summed E-state index contributed by atoms with van der Waals surface area (Å²) in [6, 6.07) is 13.1. The molecule has 26 heavy (non-hydrogen) atoms. The van der Waals surface area contributed by atoms with E-state index in [1.54, 1.807) is 6.07 Å². The van der Waals surface area contributed by atoms with Crippen LogP contribution in [0.3, 0.4) is 0 Å². The average molecular weight is 456 g/mol. The molecule has 6 nitrogen and oxygen atoms in total. The molecule has 0 aliphatic carbocycles. The number of esters is 1. The molecule has 0 bridgehead atoms. The molecule has 134 valence electrons. The fraction of sp³-hybridized carbons (Fsp3) is 0.0588. The highest BCUT2D eigenvalue weighted by Gasteiger charge is 2.17. The monoisotopic (exact) mass is 454 g/mol. The summed E-state index contributed by atoms with van der Waals surface area (Å²) in [6.07, 6.45) is 0. The highest BCUT2D eigenvalue weighted by atomic mass is 79.9. The molecule has 0 atom stereocenters. The van der Waals surface area contributed by atoms with E-state index in [9.17, 15) is 13.2 Å². The maximum absolute atomic E-state index is 12.3. The van der Waals surface area contributed by atoms with Crippen LogP contribution in [0.25, 0.3) is 10.9 Å². The lowest BCUT2D eigenvalue weighted by Gasteiger charge is -2.09. The number of para-hydroxylation sites is 1. The number of benzene rings is 2. The Morgan fingerprint density at radius 2 is 1.92 bits per heavy atom. The molecule has 3 aromatic rings. The van der Waals surface area contributed by atoms with Gasteiger partial charge in [0.15, 0.2) is 0 Å². The summed E-state index contributed by atoms with van der Waals surface area (Å²) in [5.74, 6) is -0.716. The summed E-state index contributed by atoms with van der Waals surface area (Å²) in [4.78, 5) is 16.4. The zero-order valence-electron chi connectivity index (χ0n) is 13.1. The number of ether oxygens (including phenoxy) is 1. The van der Waals surface area contributed by atoms with Gasteiger partial charge in [-0.15, -0.1) is 0 Å². The fourth-order valence-electron chi connectivity index (χ4n) is 2.30. The molecule has 0 amide bonds. The van der Waals surface area contributed by atoms with Crippen LogP contribution in [-0.2, 0) is 21.4 Å². The van der Waals surface area contributed by atoms with Gasteiger partial charge in [-0.3, -0.25) is 0 Å². The Bertz CT molecular complexity index is 1120. The number of sulfonamides is 1. The van der Waals surface area contributed by atoms with Gasteiger partial charge in [0, 0.05) is 15.4 Å². The van der Waals surface area contributed by atoms with Crippen LogP contribution in [0.4, 0.5) is 0 Å². The molecular formula is C17H12BrClN2O4S. The number of aromatic nitrogens is 1. The Hall–Kier alpha value is -2.00. The molecule has 0 radical (unpaired) electrons. The van der Waals surface area contributed by atoms with E-state index in [2.05, 4.69) is 20.9 Å². The molecule has 0 fully saturated rings. The molecular weight excluding hydrogens is 444 g/mol. The molecule has 0 saturated heterocycles. The van der Waals surface area contributed by atoms with E-state index in [1.165, 1.54) is 12.1 Å². The molecule has 0 spiro atoms. The van der Waals surface area contributed by atoms with Crippen molar-refractivity contribution in [3.05, 3.63) is 69.3 Å². The van der Waals surface area contributed by atoms with Crippen LogP contribution >= 0.6 is 27.5 Å². The molecule has 9 heteroatoms. The second-order valence-corrected chi connectivity index (χ2v) is 8.17. The lowest BCUT2D eigenvalue weighted by Crippen LogP contribution is -2.14. The van der Waals surface area contributed by atoms with Gasteiger partial charge in [-0.05, 0) is 46.3 Å². The molecule has 0 aliphatic heterocycles. The maximum Gasteiger partial charge on any atom is 0.339 e. The van der Waals surface area contributed by atoms with Gasteiger partial charge < -0.3 is 4.74 Å². The van der Waals surface area contributed by atoms with Crippen molar-refractivity contribution in [1.29, 1.82) is 0 Å². The first kappa shape index (κ1) is 18.8. The third-order valence-electron chi connectivity index (χ3n) is 3.60. The largest absolute Gasteiger partial charge is 0.457 e. The number of nitrogens with zero attached hydrogens (tertiary/aromatic N) is 1. The minimum absolute atomic E-state index is 0.0430. The lowest BCUT2D eigenvalue weighted by atomic mass is 10.1. The minimum Gasteiger partial charge on any atom is -0.457 e. The van der Waals surface area contributed by atoms with E-state index in [1.807, 2.05) is 24.3 Å². The summed E-state index contributed by atoms with van der Waals surface area (Å²) in [5, 5.41) is 6.18. The van der Waals surface area contributed by atoms with Crippen molar-refractivity contribution in [3.63, 3.8) is 0 Å². The Kier molecular flexibility index (Phi) is 5.29. The molecule has 2 N–H and O–H groups in total. The first-order valence-electron chi connectivity index (χ1n) is 7.29. The summed E-state index contributed by atoms with van der Waals surface area (Å²) in [6.45, 7) is -0.110. The van der Waals surface area contributed by atoms with E-state index in [4.69, 9.17) is 21.5 Å². The van der Waals surface area contributed by atoms with Crippen molar-refractivity contribution in [2.75, 3.05) is 0 Å². The topological polar surface area (TPSA) is 99.4 Å². The van der Waals surface area contributed by atoms with Gasteiger partial charge in [0.2, 0.25) is 10.0 Å². The van der Waals surface area contributed by atoms with Crippen molar-refractivity contribution in [2.45, 2.75) is 11.5 Å². The smallest absolute Gasteiger partial charge is 0.339 e. The van der Waals surface area contributed by atoms with E-state index < -0.39 is 16.0 Å². The number of primary sulfonamides is 1. The molecule has 2 aromatic carbocycles. The fourth-order valence-corrected chi connectivity index (χ4v) is 3.44. The number of hydrogen-bond acceptors (Lipinski definition) is 5. The van der Waals surface area contributed by atoms with Crippen LogP contribution in [0.15, 0.2) is 57.9 Å². The van der Waals surface area contributed by atoms with Gasteiger partial charge >= 0.3 is 5.97 Å². The number of fused-ring (bicyclic) bond motifs is 1. The van der Waals surface area contributed by atoms with Crippen LogP contribution in [-0.4, -0.2) is 19.4 Å². The zero-order chi connectivity index (χ0) is 18.9. The average Bonchev–Trinajstić information content (AvgIpc) is 2.59. The predicted molar refractivity (Wildman–Crippen MR) is 101 cm³/mol. The van der Waals surface area contributed by atoms with Gasteiger partial charge in [0.25, 0.3) is 0 Å². The third kappa shape index (κ3) is 4.04. The van der Waals surface area contributed by atoms with Gasteiger partial charge in [0.05, 0.1) is 16.0 Å². The van der Waals surface area contributed by atoms with E-state index in [-0.39, 0.29) is 22.2 Å². The summed E-state index contributed by atoms with van der Waals surface area (Å²) in [7, 11) is -3.93. The molecule has 0 aliphatic rings. The van der Waals surface area contributed by atoms with Crippen LogP contribution in [0.5, 0.6) is 0 Å². The van der Waals surface area contributed by atoms with Crippen LogP contribution < -0.4 is 5.14 Å². The van der Waals surface area contributed by atoms with Crippen molar-refractivity contribution < 1.29 is 17.9 Å². The first-order valence-corrected chi connectivity index (χ1v) is 10.0. The quantitative estimate of drug-likeness (QED) is 0.478. The van der Waals surface area contributed by atoms with Gasteiger partial charge in [-0.2, -0.15) is 0 Å². The molecule has 0 unspecified atom stereocenters. The van der Waals surface area contributed by atoms with Crippen molar-refractivity contribution in [2.24, 2.45) is 5.14 Å². The van der Waals surface area contributed by atoms with Crippen molar-refractivity contribution >= 4 is 54.4 Å². The Labute approximate surface area is 163 Å². The number of pyridine rings is 1. The molecule has 3 rings (SSSR count). The van der Waals surface area contributed by atoms with E-state index >= 15 is 0 Å².